The first-order valence-corrected chi connectivity index (χ1v) is 7.50. The molecule has 0 radical (unpaired) electrons. The normalized spacial score (nSPS) is 28.1. The first-order valence-electron chi connectivity index (χ1n) is 7.12. The number of halogens is 2. The molecule has 1 aromatic carbocycles. The highest BCUT2D eigenvalue weighted by Crippen LogP contribution is 2.27. The molecule has 2 atom stereocenters. The maximum absolute atomic E-state index is 13.9. The van der Waals surface area contributed by atoms with Crippen LogP contribution in [0.15, 0.2) is 18.2 Å². The van der Waals surface area contributed by atoms with Gasteiger partial charge in [0.25, 0.3) is 0 Å². The second-order valence-electron chi connectivity index (χ2n) is 5.70. The highest BCUT2D eigenvalue weighted by Gasteiger charge is 2.31. The predicted octanol–water partition coefficient (Wildman–Crippen LogP) is 3.05. The minimum atomic E-state index is -0.256. The Labute approximate surface area is 118 Å². The molecule has 104 valence electrons. The summed E-state index contributed by atoms with van der Waals surface area (Å²) in [5.41, 5.74) is 0.717. The smallest absolute Gasteiger partial charge is 0.146 e. The van der Waals surface area contributed by atoms with Gasteiger partial charge in [0.1, 0.15) is 5.82 Å². The number of fused-ring (bicyclic) bond motifs is 1. The number of hydrogen-bond donors (Lipinski definition) is 1. The van der Waals surface area contributed by atoms with E-state index < -0.39 is 0 Å². The lowest BCUT2D eigenvalue weighted by atomic mass is 9.85. The van der Waals surface area contributed by atoms with Crippen molar-refractivity contribution in [2.75, 3.05) is 19.6 Å². The van der Waals surface area contributed by atoms with Gasteiger partial charge < -0.3 is 5.32 Å². The molecular formula is C15H20ClFN2. The Balaban J connectivity index is 1.66. The van der Waals surface area contributed by atoms with Crippen molar-refractivity contribution in [2.45, 2.75) is 31.8 Å². The Morgan fingerprint density at radius 2 is 2.26 bits per heavy atom. The lowest BCUT2D eigenvalue weighted by Crippen LogP contribution is -2.51. The van der Waals surface area contributed by atoms with E-state index in [0.717, 1.165) is 31.1 Å². The standard InChI is InChI=1S/C15H20ClFN2/c16-13-5-1-3-12(15(13)17)10-19-8-6-14-11(9-19)4-2-7-18-14/h1,3,5,11,14,18H,2,4,6-10H2. The zero-order chi connectivity index (χ0) is 13.2. The van der Waals surface area contributed by atoms with Crippen LogP contribution in [0.1, 0.15) is 24.8 Å². The highest BCUT2D eigenvalue weighted by atomic mass is 35.5. The Morgan fingerprint density at radius 1 is 1.37 bits per heavy atom. The summed E-state index contributed by atoms with van der Waals surface area (Å²) in [6.07, 6.45) is 3.74. The number of rotatable bonds is 2. The van der Waals surface area contributed by atoms with Gasteiger partial charge >= 0.3 is 0 Å². The monoisotopic (exact) mass is 282 g/mol. The molecule has 2 unspecified atom stereocenters. The Morgan fingerprint density at radius 3 is 3.16 bits per heavy atom. The number of likely N-dealkylation sites (tertiary alicyclic amines) is 1. The fraction of sp³-hybridized carbons (Fsp3) is 0.600. The van der Waals surface area contributed by atoms with E-state index in [4.69, 9.17) is 11.6 Å². The van der Waals surface area contributed by atoms with Crippen molar-refractivity contribution in [1.29, 1.82) is 0 Å². The summed E-state index contributed by atoms with van der Waals surface area (Å²) >= 11 is 5.84. The fourth-order valence-corrected chi connectivity index (χ4v) is 3.57. The van der Waals surface area contributed by atoms with Crippen molar-refractivity contribution in [2.24, 2.45) is 5.92 Å². The predicted molar refractivity (Wildman–Crippen MR) is 75.8 cm³/mol. The molecule has 0 spiro atoms. The van der Waals surface area contributed by atoms with Crippen LogP contribution in [-0.2, 0) is 6.54 Å². The minimum absolute atomic E-state index is 0.228. The molecule has 2 aliphatic heterocycles. The summed E-state index contributed by atoms with van der Waals surface area (Å²) in [6, 6.07) is 5.95. The Hall–Kier alpha value is -0.640. The third kappa shape index (κ3) is 2.93. The number of nitrogens with one attached hydrogen (secondary N) is 1. The van der Waals surface area contributed by atoms with Gasteiger partial charge in [0.05, 0.1) is 5.02 Å². The van der Waals surface area contributed by atoms with E-state index in [1.54, 1.807) is 6.07 Å². The van der Waals surface area contributed by atoms with E-state index in [-0.39, 0.29) is 10.8 Å². The van der Waals surface area contributed by atoms with Crippen molar-refractivity contribution < 1.29 is 4.39 Å². The summed E-state index contributed by atoms with van der Waals surface area (Å²) < 4.78 is 13.9. The molecule has 1 N–H and O–H groups in total. The summed E-state index contributed by atoms with van der Waals surface area (Å²) in [6.45, 7) is 3.95. The van der Waals surface area contributed by atoms with Crippen LogP contribution in [-0.4, -0.2) is 30.6 Å². The maximum atomic E-state index is 13.9. The molecular weight excluding hydrogens is 263 g/mol. The largest absolute Gasteiger partial charge is 0.314 e. The van der Waals surface area contributed by atoms with E-state index in [0.29, 0.717) is 12.6 Å². The van der Waals surface area contributed by atoms with Crippen LogP contribution in [0.4, 0.5) is 4.39 Å². The van der Waals surface area contributed by atoms with Gasteiger partial charge in [-0.3, -0.25) is 4.90 Å². The first-order chi connectivity index (χ1) is 9.24. The van der Waals surface area contributed by atoms with Crippen molar-refractivity contribution in [3.8, 4) is 0 Å². The number of hydrogen-bond acceptors (Lipinski definition) is 2. The van der Waals surface area contributed by atoms with Crippen LogP contribution in [0.2, 0.25) is 5.02 Å². The van der Waals surface area contributed by atoms with Gasteiger partial charge in [-0.2, -0.15) is 0 Å². The quantitative estimate of drug-likeness (QED) is 0.897. The Bertz CT molecular complexity index is 452. The molecule has 0 aromatic heterocycles. The molecule has 2 fully saturated rings. The summed E-state index contributed by atoms with van der Waals surface area (Å²) in [7, 11) is 0. The van der Waals surface area contributed by atoms with Crippen LogP contribution in [0.25, 0.3) is 0 Å². The number of benzene rings is 1. The van der Waals surface area contributed by atoms with Crippen molar-refractivity contribution in [1.82, 2.24) is 10.2 Å². The van der Waals surface area contributed by atoms with Crippen LogP contribution in [0.5, 0.6) is 0 Å². The second kappa shape index (κ2) is 5.78. The molecule has 19 heavy (non-hydrogen) atoms. The molecule has 0 saturated carbocycles. The molecule has 0 bridgehead atoms. The first kappa shape index (κ1) is 13.3. The third-order valence-corrected chi connectivity index (χ3v) is 4.69. The maximum Gasteiger partial charge on any atom is 0.146 e. The van der Waals surface area contributed by atoms with Gasteiger partial charge in [-0.25, -0.2) is 4.39 Å². The van der Waals surface area contributed by atoms with E-state index in [2.05, 4.69) is 10.2 Å². The molecule has 3 rings (SSSR count). The average molecular weight is 283 g/mol. The molecule has 2 heterocycles. The summed E-state index contributed by atoms with van der Waals surface area (Å²) in [4.78, 5) is 2.36. The Kier molecular flexibility index (Phi) is 4.06. The molecule has 0 amide bonds. The van der Waals surface area contributed by atoms with Gasteiger partial charge in [0, 0.05) is 24.7 Å². The summed E-state index contributed by atoms with van der Waals surface area (Å²) in [5.74, 6) is 0.470. The van der Waals surface area contributed by atoms with Gasteiger partial charge in [0.15, 0.2) is 0 Å². The third-order valence-electron chi connectivity index (χ3n) is 4.40. The minimum Gasteiger partial charge on any atom is -0.314 e. The SMILES string of the molecule is Fc1c(Cl)cccc1CN1CCC2NCCCC2C1. The zero-order valence-electron chi connectivity index (χ0n) is 11.0. The molecule has 2 aliphatic rings. The average Bonchev–Trinajstić information content (AvgIpc) is 2.44. The lowest BCUT2D eigenvalue weighted by molar-refractivity contribution is 0.108. The van der Waals surface area contributed by atoms with Crippen LogP contribution >= 0.6 is 11.6 Å². The van der Waals surface area contributed by atoms with E-state index in [1.165, 1.54) is 19.3 Å². The molecule has 1 aromatic rings. The van der Waals surface area contributed by atoms with Crippen molar-refractivity contribution in [3.05, 3.63) is 34.6 Å². The topological polar surface area (TPSA) is 15.3 Å². The van der Waals surface area contributed by atoms with Gasteiger partial charge in [-0.1, -0.05) is 23.7 Å². The van der Waals surface area contributed by atoms with Crippen LogP contribution in [0.3, 0.4) is 0 Å². The number of piperidine rings is 2. The molecule has 4 heteroatoms. The van der Waals surface area contributed by atoms with Crippen molar-refractivity contribution in [3.63, 3.8) is 0 Å². The summed E-state index contributed by atoms with van der Waals surface area (Å²) in [5, 5.41) is 3.83. The molecule has 0 aliphatic carbocycles. The van der Waals surface area contributed by atoms with Gasteiger partial charge in [-0.05, 0) is 44.3 Å². The number of nitrogens with zero attached hydrogens (tertiary/aromatic N) is 1. The second-order valence-corrected chi connectivity index (χ2v) is 6.11. The van der Waals surface area contributed by atoms with Gasteiger partial charge in [0.2, 0.25) is 0 Å². The lowest BCUT2D eigenvalue weighted by Gasteiger charge is -2.41. The molecule has 2 saturated heterocycles. The highest BCUT2D eigenvalue weighted by molar-refractivity contribution is 6.30. The molecule has 2 nitrogen and oxygen atoms in total. The van der Waals surface area contributed by atoms with E-state index >= 15 is 0 Å². The van der Waals surface area contributed by atoms with E-state index in [9.17, 15) is 4.39 Å². The van der Waals surface area contributed by atoms with Crippen LogP contribution in [0, 0.1) is 11.7 Å². The van der Waals surface area contributed by atoms with Crippen molar-refractivity contribution >= 4 is 11.6 Å². The van der Waals surface area contributed by atoms with Gasteiger partial charge in [-0.15, -0.1) is 0 Å². The van der Waals surface area contributed by atoms with Crippen LogP contribution < -0.4 is 5.32 Å². The fourth-order valence-electron chi connectivity index (χ4n) is 3.38. The van der Waals surface area contributed by atoms with E-state index in [1.807, 2.05) is 12.1 Å². The zero-order valence-corrected chi connectivity index (χ0v) is 11.8.